The van der Waals surface area contributed by atoms with Crippen LogP contribution in [0.4, 0.5) is 0 Å². The second kappa shape index (κ2) is 5.58. The molecule has 0 unspecified atom stereocenters. The highest BCUT2D eigenvalue weighted by Crippen LogP contribution is 2.30. The molecular formula is C9H16O4S. The minimum atomic E-state index is -0.955. The molecule has 82 valence electrons. The summed E-state index contributed by atoms with van der Waals surface area (Å²) in [6.45, 7) is 0.801. The van der Waals surface area contributed by atoms with Gasteiger partial charge in [0.05, 0.1) is 13.2 Å². The van der Waals surface area contributed by atoms with Crippen molar-refractivity contribution in [3.05, 3.63) is 0 Å². The number of carbonyl (C=O) groups is 1. The van der Waals surface area contributed by atoms with Crippen LogP contribution in [0, 0.1) is 0 Å². The van der Waals surface area contributed by atoms with Crippen molar-refractivity contribution in [2.24, 2.45) is 0 Å². The fourth-order valence-electron chi connectivity index (χ4n) is 1.44. The van der Waals surface area contributed by atoms with Crippen molar-refractivity contribution in [3.8, 4) is 0 Å². The molecule has 0 amide bonds. The summed E-state index contributed by atoms with van der Waals surface area (Å²) in [7, 11) is 1.58. The van der Waals surface area contributed by atoms with Gasteiger partial charge in [-0.25, -0.2) is 4.79 Å². The van der Waals surface area contributed by atoms with Crippen LogP contribution < -0.4 is 0 Å². The van der Waals surface area contributed by atoms with Crippen LogP contribution in [0.3, 0.4) is 0 Å². The predicted octanol–water partition coefficient (Wildman–Crippen LogP) is 1.000. The normalized spacial score (nSPS) is 20.6. The molecule has 0 aromatic heterocycles. The molecule has 0 radical (unpaired) electrons. The molecule has 1 aliphatic heterocycles. The Morgan fingerprint density at radius 3 is 2.57 bits per heavy atom. The van der Waals surface area contributed by atoms with Gasteiger partial charge in [-0.3, -0.25) is 0 Å². The van der Waals surface area contributed by atoms with E-state index in [1.54, 1.807) is 18.9 Å². The Bertz CT molecular complexity index is 189. The van der Waals surface area contributed by atoms with Crippen molar-refractivity contribution >= 4 is 17.7 Å². The topological polar surface area (TPSA) is 55.8 Å². The quantitative estimate of drug-likeness (QED) is 0.700. The molecule has 1 N–H and O–H groups in total. The van der Waals surface area contributed by atoms with E-state index in [1.165, 1.54) is 0 Å². The summed E-state index contributed by atoms with van der Waals surface area (Å²) in [4.78, 5) is 11.1. The van der Waals surface area contributed by atoms with Crippen LogP contribution in [-0.4, -0.2) is 48.5 Å². The van der Waals surface area contributed by atoms with Crippen molar-refractivity contribution in [1.82, 2.24) is 0 Å². The molecule has 0 atom stereocenters. The largest absolute Gasteiger partial charge is 0.479 e. The number of methoxy groups -OCH3 is 1. The van der Waals surface area contributed by atoms with Gasteiger partial charge in [-0.05, 0) is 24.3 Å². The Balaban J connectivity index is 2.47. The molecule has 1 rings (SSSR count). The van der Waals surface area contributed by atoms with Crippen molar-refractivity contribution in [3.63, 3.8) is 0 Å². The van der Waals surface area contributed by atoms with Gasteiger partial charge in [0, 0.05) is 7.11 Å². The first-order valence-electron chi connectivity index (χ1n) is 4.65. The van der Waals surface area contributed by atoms with Crippen LogP contribution in [0.25, 0.3) is 0 Å². The minimum Gasteiger partial charge on any atom is -0.479 e. The molecule has 14 heavy (non-hydrogen) atoms. The number of aliphatic carboxylic acids is 1. The van der Waals surface area contributed by atoms with E-state index in [0.29, 0.717) is 26.1 Å². The Hall–Kier alpha value is -0.260. The third-order valence-corrected chi connectivity index (χ3v) is 3.34. The fraction of sp³-hybridized carbons (Fsp3) is 0.889. The smallest absolute Gasteiger partial charge is 0.336 e. The molecule has 1 heterocycles. The summed E-state index contributed by atoms with van der Waals surface area (Å²) >= 11 is 1.78. The van der Waals surface area contributed by atoms with E-state index >= 15 is 0 Å². The van der Waals surface area contributed by atoms with Gasteiger partial charge in [0.15, 0.2) is 5.60 Å². The van der Waals surface area contributed by atoms with Crippen LogP contribution in [0.2, 0.25) is 0 Å². The highest BCUT2D eigenvalue weighted by Gasteiger charge is 2.40. The Morgan fingerprint density at radius 2 is 2.07 bits per heavy atom. The number of carboxylic acid groups (broad SMARTS) is 1. The zero-order chi connectivity index (χ0) is 10.4. The van der Waals surface area contributed by atoms with E-state index in [1.807, 2.05) is 0 Å². The Kier molecular flexibility index (Phi) is 4.71. The first-order chi connectivity index (χ1) is 6.71. The first-order valence-corrected chi connectivity index (χ1v) is 5.81. The molecule has 1 saturated heterocycles. The molecule has 5 heteroatoms. The van der Waals surface area contributed by atoms with Crippen molar-refractivity contribution in [2.45, 2.75) is 18.4 Å². The maximum atomic E-state index is 11.1. The zero-order valence-electron chi connectivity index (χ0n) is 8.32. The van der Waals surface area contributed by atoms with Crippen LogP contribution in [0.1, 0.15) is 12.8 Å². The molecule has 1 aliphatic rings. The van der Waals surface area contributed by atoms with E-state index in [4.69, 9.17) is 14.6 Å². The Labute approximate surface area is 88.0 Å². The second-order valence-electron chi connectivity index (χ2n) is 3.25. The number of carboxylic acids is 1. The standard InChI is InChI=1S/C9H16O4S/c1-12-4-5-13-9(8(10)11)2-6-14-7-3-9/h2-7H2,1H3,(H,10,11). The summed E-state index contributed by atoms with van der Waals surface area (Å²) in [6, 6.07) is 0. The van der Waals surface area contributed by atoms with Gasteiger partial charge in [0.2, 0.25) is 0 Å². The molecular weight excluding hydrogens is 204 g/mol. The van der Waals surface area contributed by atoms with E-state index in [2.05, 4.69) is 0 Å². The van der Waals surface area contributed by atoms with Crippen LogP contribution in [-0.2, 0) is 14.3 Å². The number of rotatable bonds is 5. The number of hydrogen-bond acceptors (Lipinski definition) is 4. The maximum absolute atomic E-state index is 11.1. The average Bonchev–Trinajstić information content (AvgIpc) is 2.19. The highest BCUT2D eigenvalue weighted by molar-refractivity contribution is 7.99. The summed E-state index contributed by atoms with van der Waals surface area (Å²) in [6.07, 6.45) is 1.19. The molecule has 1 fully saturated rings. The van der Waals surface area contributed by atoms with Gasteiger partial charge in [-0.1, -0.05) is 0 Å². The summed E-state index contributed by atoms with van der Waals surface area (Å²) in [5, 5.41) is 9.11. The predicted molar refractivity (Wildman–Crippen MR) is 54.8 cm³/mol. The molecule has 0 saturated carbocycles. The van der Waals surface area contributed by atoms with E-state index < -0.39 is 11.6 Å². The highest BCUT2D eigenvalue weighted by atomic mass is 32.2. The van der Waals surface area contributed by atoms with E-state index in [9.17, 15) is 4.79 Å². The molecule has 0 aromatic carbocycles. The van der Waals surface area contributed by atoms with Crippen molar-refractivity contribution < 1.29 is 19.4 Å². The second-order valence-corrected chi connectivity index (χ2v) is 4.48. The zero-order valence-corrected chi connectivity index (χ0v) is 9.14. The van der Waals surface area contributed by atoms with Gasteiger partial charge in [-0.2, -0.15) is 11.8 Å². The lowest BCUT2D eigenvalue weighted by atomic mass is 9.97. The summed E-state index contributed by atoms with van der Waals surface area (Å²) in [5.74, 6) is 0.882. The molecule has 0 spiro atoms. The summed E-state index contributed by atoms with van der Waals surface area (Å²) < 4.78 is 10.3. The van der Waals surface area contributed by atoms with Crippen LogP contribution in [0.5, 0.6) is 0 Å². The van der Waals surface area contributed by atoms with Gasteiger partial charge in [0.1, 0.15) is 0 Å². The Morgan fingerprint density at radius 1 is 1.43 bits per heavy atom. The molecule has 0 bridgehead atoms. The lowest BCUT2D eigenvalue weighted by molar-refractivity contribution is -0.168. The minimum absolute atomic E-state index is 0.355. The molecule has 0 aromatic rings. The molecule has 0 aliphatic carbocycles. The summed E-state index contributed by atoms with van der Waals surface area (Å²) in [5.41, 5.74) is -0.955. The van der Waals surface area contributed by atoms with E-state index in [-0.39, 0.29) is 0 Å². The molecule has 4 nitrogen and oxygen atoms in total. The first kappa shape index (κ1) is 11.8. The van der Waals surface area contributed by atoms with E-state index in [0.717, 1.165) is 11.5 Å². The lowest BCUT2D eigenvalue weighted by Crippen LogP contribution is -2.45. The SMILES string of the molecule is COCCOC1(C(=O)O)CCSCC1. The number of hydrogen-bond donors (Lipinski definition) is 1. The van der Waals surface area contributed by atoms with Gasteiger partial charge in [-0.15, -0.1) is 0 Å². The average molecular weight is 220 g/mol. The van der Waals surface area contributed by atoms with Gasteiger partial charge >= 0.3 is 5.97 Å². The van der Waals surface area contributed by atoms with Crippen molar-refractivity contribution in [1.29, 1.82) is 0 Å². The fourth-order valence-corrected chi connectivity index (χ4v) is 2.59. The third kappa shape index (κ3) is 2.87. The van der Waals surface area contributed by atoms with Crippen LogP contribution in [0.15, 0.2) is 0 Å². The van der Waals surface area contributed by atoms with Gasteiger partial charge in [0.25, 0.3) is 0 Å². The van der Waals surface area contributed by atoms with Gasteiger partial charge < -0.3 is 14.6 Å². The van der Waals surface area contributed by atoms with Crippen LogP contribution >= 0.6 is 11.8 Å². The van der Waals surface area contributed by atoms with Crippen molar-refractivity contribution in [2.75, 3.05) is 31.8 Å². The number of ether oxygens (including phenoxy) is 2. The maximum Gasteiger partial charge on any atom is 0.336 e. The lowest BCUT2D eigenvalue weighted by Gasteiger charge is -2.32. The monoisotopic (exact) mass is 220 g/mol. The third-order valence-electron chi connectivity index (χ3n) is 2.36. The number of thioether (sulfide) groups is 1.